The number of hydrogen-bond acceptors (Lipinski definition) is 4. The van der Waals surface area contributed by atoms with Gasteiger partial charge in [0.25, 0.3) is 0 Å². The van der Waals surface area contributed by atoms with Crippen LogP contribution in [0.3, 0.4) is 0 Å². The molecule has 0 aliphatic heterocycles. The van der Waals surface area contributed by atoms with Crippen LogP contribution in [-0.4, -0.2) is 30.3 Å². The van der Waals surface area contributed by atoms with Crippen LogP contribution in [0, 0.1) is 0 Å². The van der Waals surface area contributed by atoms with Crippen LogP contribution in [0.2, 0.25) is 10.0 Å². The molecule has 2 aromatic rings. The predicted molar refractivity (Wildman–Crippen MR) is 106 cm³/mol. The van der Waals surface area contributed by atoms with Crippen molar-refractivity contribution in [3.8, 4) is 5.75 Å². The third kappa shape index (κ3) is 6.13. The molecule has 0 unspecified atom stereocenters. The third-order valence-electron chi connectivity index (χ3n) is 2.98. The van der Waals surface area contributed by atoms with Gasteiger partial charge in [-0.05, 0) is 36.6 Å². The summed E-state index contributed by atoms with van der Waals surface area (Å²) in [6, 6.07) is 13.0. The molecule has 0 aliphatic carbocycles. The maximum Gasteiger partial charge on any atom is 0.234 e. The van der Waals surface area contributed by atoms with Crippen LogP contribution in [0.4, 0.5) is 5.69 Å². The van der Waals surface area contributed by atoms with Gasteiger partial charge in [0.15, 0.2) is 5.75 Å². The zero-order chi connectivity index (χ0) is 17.4. The summed E-state index contributed by atoms with van der Waals surface area (Å²) < 4.78 is 5.58. The monoisotopic (exact) mass is 401 g/mol. The lowest BCUT2D eigenvalue weighted by Crippen LogP contribution is -2.15. The van der Waals surface area contributed by atoms with Crippen LogP contribution in [0.15, 0.2) is 47.4 Å². The highest BCUT2D eigenvalue weighted by molar-refractivity contribution is 8.00. The number of ether oxygens (including phenoxy) is 1. The lowest BCUT2D eigenvalue weighted by atomic mass is 10.3. The summed E-state index contributed by atoms with van der Waals surface area (Å²) in [6.07, 6.45) is 2.00. The zero-order valence-electron chi connectivity index (χ0n) is 13.1. The van der Waals surface area contributed by atoms with Gasteiger partial charge in [0.2, 0.25) is 5.91 Å². The summed E-state index contributed by atoms with van der Waals surface area (Å²) in [5, 5.41) is 3.86. The number of para-hydroxylation sites is 1. The van der Waals surface area contributed by atoms with Crippen LogP contribution in [0.1, 0.15) is 0 Å². The van der Waals surface area contributed by atoms with E-state index < -0.39 is 0 Å². The summed E-state index contributed by atoms with van der Waals surface area (Å²) in [4.78, 5) is 13.0. The van der Waals surface area contributed by atoms with Crippen molar-refractivity contribution >= 4 is 58.3 Å². The van der Waals surface area contributed by atoms with Crippen LogP contribution in [0.5, 0.6) is 5.75 Å². The second kappa shape index (κ2) is 10.1. The van der Waals surface area contributed by atoms with Crippen molar-refractivity contribution in [1.82, 2.24) is 0 Å². The molecular weight excluding hydrogens is 385 g/mol. The highest BCUT2D eigenvalue weighted by atomic mass is 35.5. The number of amides is 1. The first kappa shape index (κ1) is 19.3. The number of nitrogens with one attached hydrogen (secondary N) is 1. The van der Waals surface area contributed by atoms with Crippen molar-refractivity contribution in [2.45, 2.75) is 4.90 Å². The Morgan fingerprint density at radius 2 is 1.88 bits per heavy atom. The van der Waals surface area contributed by atoms with Gasteiger partial charge < -0.3 is 10.1 Å². The Morgan fingerprint density at radius 3 is 2.58 bits per heavy atom. The Morgan fingerprint density at radius 1 is 1.17 bits per heavy atom. The van der Waals surface area contributed by atoms with E-state index in [2.05, 4.69) is 5.32 Å². The highest BCUT2D eigenvalue weighted by Gasteiger charge is 2.07. The molecular formula is C17H17Cl2NO2S2. The molecule has 0 saturated heterocycles. The van der Waals surface area contributed by atoms with E-state index in [4.69, 9.17) is 27.9 Å². The molecule has 0 heterocycles. The maximum absolute atomic E-state index is 11.9. The summed E-state index contributed by atoms with van der Waals surface area (Å²) in [5.74, 6) is 1.48. The number of benzene rings is 2. The molecule has 0 fully saturated rings. The minimum absolute atomic E-state index is 0.0333. The molecule has 1 N–H and O–H groups in total. The molecule has 2 aromatic carbocycles. The minimum atomic E-state index is -0.0333. The molecule has 0 aliphatic rings. The van der Waals surface area contributed by atoms with Gasteiger partial charge in [-0.25, -0.2) is 0 Å². The average molecular weight is 402 g/mol. The van der Waals surface area contributed by atoms with Crippen LogP contribution >= 0.6 is 46.7 Å². The van der Waals surface area contributed by atoms with Gasteiger partial charge in [-0.1, -0.05) is 35.3 Å². The maximum atomic E-state index is 11.9. The SMILES string of the molecule is CSc1cccc(NC(=O)CSCCOc2c(Cl)cccc2Cl)c1. The van der Waals surface area contributed by atoms with Gasteiger partial charge in [-0.3, -0.25) is 4.79 Å². The molecule has 2 rings (SSSR count). The number of rotatable bonds is 8. The Balaban J connectivity index is 1.69. The first-order chi connectivity index (χ1) is 11.6. The van der Waals surface area contributed by atoms with E-state index in [1.165, 1.54) is 11.8 Å². The molecule has 0 saturated carbocycles. The summed E-state index contributed by atoms with van der Waals surface area (Å²) >= 11 is 15.2. The highest BCUT2D eigenvalue weighted by Crippen LogP contribution is 2.32. The van der Waals surface area contributed by atoms with Gasteiger partial charge in [-0.15, -0.1) is 23.5 Å². The Kier molecular flexibility index (Phi) is 8.12. The minimum Gasteiger partial charge on any atom is -0.490 e. The van der Waals surface area contributed by atoms with Crippen molar-refractivity contribution in [2.75, 3.05) is 29.7 Å². The number of halogens is 2. The third-order valence-corrected chi connectivity index (χ3v) is 5.22. The van der Waals surface area contributed by atoms with Crippen LogP contribution < -0.4 is 10.1 Å². The number of anilines is 1. The van der Waals surface area contributed by atoms with Crippen LogP contribution in [-0.2, 0) is 4.79 Å². The fraction of sp³-hybridized carbons (Fsp3) is 0.235. The molecule has 0 radical (unpaired) electrons. The predicted octanol–water partition coefficient (Wildman–Crippen LogP) is 5.47. The van der Waals surface area contributed by atoms with E-state index in [1.807, 2.05) is 30.5 Å². The van der Waals surface area contributed by atoms with Gasteiger partial charge >= 0.3 is 0 Å². The Hall–Kier alpha value is -1.01. The fourth-order valence-corrected chi connectivity index (χ4v) is 3.45. The lowest BCUT2D eigenvalue weighted by Gasteiger charge is -2.09. The van der Waals surface area contributed by atoms with Crippen molar-refractivity contribution in [3.05, 3.63) is 52.5 Å². The topological polar surface area (TPSA) is 38.3 Å². The molecule has 0 aromatic heterocycles. The average Bonchev–Trinajstić information content (AvgIpc) is 2.57. The van der Waals surface area contributed by atoms with Crippen molar-refractivity contribution in [1.29, 1.82) is 0 Å². The van der Waals surface area contributed by atoms with Crippen molar-refractivity contribution in [3.63, 3.8) is 0 Å². The first-order valence-electron chi connectivity index (χ1n) is 7.18. The lowest BCUT2D eigenvalue weighted by molar-refractivity contribution is -0.113. The van der Waals surface area contributed by atoms with E-state index in [0.717, 1.165) is 10.6 Å². The van der Waals surface area contributed by atoms with E-state index in [1.54, 1.807) is 30.0 Å². The second-order valence-corrected chi connectivity index (χ2v) is 7.53. The van der Waals surface area contributed by atoms with Gasteiger partial charge in [0, 0.05) is 16.3 Å². The van der Waals surface area contributed by atoms with E-state index in [9.17, 15) is 4.79 Å². The molecule has 0 atom stereocenters. The summed E-state index contributed by atoms with van der Waals surface area (Å²) in [6.45, 7) is 0.434. The molecule has 24 heavy (non-hydrogen) atoms. The number of thioether (sulfide) groups is 2. The standard InChI is InChI=1S/C17H17Cl2NO2S2/c1-23-13-5-2-4-12(10-13)20-16(21)11-24-9-8-22-17-14(18)6-3-7-15(17)19/h2-7,10H,8-9,11H2,1H3,(H,20,21). The Labute approximate surface area is 160 Å². The van der Waals surface area contributed by atoms with E-state index in [0.29, 0.717) is 33.9 Å². The molecule has 128 valence electrons. The van der Waals surface area contributed by atoms with Crippen molar-refractivity contribution in [2.24, 2.45) is 0 Å². The van der Waals surface area contributed by atoms with Gasteiger partial charge in [0.05, 0.1) is 22.4 Å². The van der Waals surface area contributed by atoms with Crippen LogP contribution in [0.25, 0.3) is 0 Å². The second-order valence-electron chi connectivity index (χ2n) is 4.73. The molecule has 1 amide bonds. The Bertz CT molecular complexity index is 678. The number of carbonyl (C=O) groups is 1. The molecule has 0 spiro atoms. The summed E-state index contributed by atoms with van der Waals surface area (Å²) in [5.41, 5.74) is 0.812. The van der Waals surface area contributed by atoms with E-state index >= 15 is 0 Å². The fourth-order valence-electron chi connectivity index (χ4n) is 1.89. The molecule has 7 heteroatoms. The quantitative estimate of drug-likeness (QED) is 0.470. The van der Waals surface area contributed by atoms with Crippen molar-refractivity contribution < 1.29 is 9.53 Å². The van der Waals surface area contributed by atoms with Gasteiger partial charge in [0.1, 0.15) is 0 Å². The van der Waals surface area contributed by atoms with Gasteiger partial charge in [-0.2, -0.15) is 0 Å². The first-order valence-corrected chi connectivity index (χ1v) is 10.3. The normalized spacial score (nSPS) is 10.5. The van der Waals surface area contributed by atoms with E-state index in [-0.39, 0.29) is 5.91 Å². The zero-order valence-corrected chi connectivity index (χ0v) is 16.2. The smallest absolute Gasteiger partial charge is 0.234 e. The number of hydrogen-bond donors (Lipinski definition) is 1. The summed E-state index contributed by atoms with van der Waals surface area (Å²) in [7, 11) is 0. The number of carbonyl (C=O) groups excluding carboxylic acids is 1. The molecule has 3 nitrogen and oxygen atoms in total. The molecule has 0 bridgehead atoms. The largest absolute Gasteiger partial charge is 0.490 e.